The Hall–Kier alpha value is -4.51. The van der Waals surface area contributed by atoms with Crippen LogP contribution < -0.4 is 5.32 Å². The van der Waals surface area contributed by atoms with Crippen LogP contribution in [-0.4, -0.2) is 41.0 Å². The molecular formula is C26H19FN8OS. The molecule has 6 aromatic rings. The SMILES string of the molecule is Cc1ccc(-c2nccc3[nH]c(-c4n[nH]c5cnc(-c6cncc(NC(=O)C7CC7)c6)c(F)c45)nc23)s1. The summed E-state index contributed by atoms with van der Waals surface area (Å²) in [6, 6.07) is 7.57. The summed E-state index contributed by atoms with van der Waals surface area (Å²) in [5, 5.41) is 10.3. The molecule has 0 spiro atoms. The van der Waals surface area contributed by atoms with Crippen LogP contribution in [0.2, 0.25) is 0 Å². The van der Waals surface area contributed by atoms with E-state index in [0.29, 0.717) is 33.8 Å². The standard InChI is InChI=1S/C26H19FN8OS/c1-12-2-5-18(37-12)23-22-16(6-7-29-23)32-25(33-22)24-19-17(34-35-24)11-30-21(20(19)27)14-8-15(10-28-9-14)31-26(36)13-3-4-13/h2,5-11,13H,3-4H2,1H3,(H,31,36)(H,32,33)(H,34,35). The molecule has 182 valence electrons. The molecule has 6 heterocycles. The molecule has 7 rings (SSSR count). The summed E-state index contributed by atoms with van der Waals surface area (Å²) in [4.78, 5) is 35.4. The topological polar surface area (TPSA) is 125 Å². The lowest BCUT2D eigenvalue weighted by molar-refractivity contribution is -0.117. The van der Waals surface area contributed by atoms with Crippen molar-refractivity contribution < 1.29 is 9.18 Å². The number of aromatic amines is 2. The zero-order valence-electron chi connectivity index (χ0n) is 19.5. The molecule has 0 saturated heterocycles. The lowest BCUT2D eigenvalue weighted by Gasteiger charge is -2.07. The lowest BCUT2D eigenvalue weighted by Crippen LogP contribution is -2.13. The lowest BCUT2D eigenvalue weighted by atomic mass is 10.1. The molecule has 37 heavy (non-hydrogen) atoms. The van der Waals surface area contributed by atoms with E-state index in [1.807, 2.05) is 25.1 Å². The van der Waals surface area contributed by atoms with Gasteiger partial charge in [-0.25, -0.2) is 9.37 Å². The van der Waals surface area contributed by atoms with Crippen LogP contribution in [0, 0.1) is 18.7 Å². The summed E-state index contributed by atoms with van der Waals surface area (Å²) in [7, 11) is 0. The van der Waals surface area contributed by atoms with Crippen LogP contribution in [0.3, 0.4) is 0 Å². The number of imidazole rings is 1. The fourth-order valence-corrected chi connectivity index (χ4v) is 5.23. The van der Waals surface area contributed by atoms with Crippen LogP contribution in [0.1, 0.15) is 17.7 Å². The van der Waals surface area contributed by atoms with Crippen molar-refractivity contribution in [3.63, 3.8) is 0 Å². The summed E-state index contributed by atoms with van der Waals surface area (Å²) >= 11 is 1.64. The molecule has 6 aromatic heterocycles. The Kier molecular flexibility index (Phi) is 4.86. The Bertz CT molecular complexity index is 1830. The average Bonchev–Trinajstić information content (AvgIpc) is 3.29. The monoisotopic (exact) mass is 510 g/mol. The number of pyridine rings is 3. The van der Waals surface area contributed by atoms with Gasteiger partial charge in [0.25, 0.3) is 0 Å². The predicted octanol–water partition coefficient (Wildman–Crippen LogP) is 5.48. The van der Waals surface area contributed by atoms with Gasteiger partial charge < -0.3 is 10.3 Å². The first-order chi connectivity index (χ1) is 18.0. The maximum absolute atomic E-state index is 16.0. The molecule has 0 atom stereocenters. The van der Waals surface area contributed by atoms with Crippen LogP contribution >= 0.6 is 11.3 Å². The third-order valence-corrected chi connectivity index (χ3v) is 7.38. The number of hydrogen-bond acceptors (Lipinski definition) is 7. The van der Waals surface area contributed by atoms with Crippen molar-refractivity contribution in [2.24, 2.45) is 5.92 Å². The van der Waals surface area contributed by atoms with E-state index in [-0.39, 0.29) is 22.9 Å². The molecule has 1 aliphatic carbocycles. The van der Waals surface area contributed by atoms with Crippen molar-refractivity contribution in [3.05, 3.63) is 59.7 Å². The number of amides is 1. The molecule has 0 aliphatic heterocycles. The van der Waals surface area contributed by atoms with Crippen molar-refractivity contribution in [1.82, 2.24) is 35.1 Å². The van der Waals surface area contributed by atoms with Gasteiger partial charge in [-0.15, -0.1) is 11.3 Å². The average molecular weight is 511 g/mol. The normalized spacial score (nSPS) is 13.5. The second-order valence-electron chi connectivity index (χ2n) is 9.06. The molecule has 1 fully saturated rings. The predicted molar refractivity (Wildman–Crippen MR) is 139 cm³/mol. The second-order valence-corrected chi connectivity index (χ2v) is 10.3. The summed E-state index contributed by atoms with van der Waals surface area (Å²) in [5.41, 5.74) is 4.07. The minimum absolute atomic E-state index is 0.0450. The van der Waals surface area contributed by atoms with Gasteiger partial charge in [0.15, 0.2) is 11.6 Å². The first-order valence-electron chi connectivity index (χ1n) is 11.8. The molecule has 0 unspecified atom stereocenters. The van der Waals surface area contributed by atoms with E-state index in [2.05, 4.69) is 35.5 Å². The minimum Gasteiger partial charge on any atom is -0.336 e. The largest absolute Gasteiger partial charge is 0.336 e. The van der Waals surface area contributed by atoms with Crippen LogP contribution in [0.5, 0.6) is 0 Å². The second kappa shape index (κ2) is 8.27. The van der Waals surface area contributed by atoms with Crippen LogP contribution in [0.25, 0.3) is 55.3 Å². The highest BCUT2D eigenvalue weighted by atomic mass is 32.1. The number of aromatic nitrogens is 7. The minimum atomic E-state index is -0.554. The number of anilines is 1. The van der Waals surface area contributed by atoms with Gasteiger partial charge in [-0.1, -0.05) is 0 Å². The molecule has 1 saturated carbocycles. The molecule has 1 amide bonds. The van der Waals surface area contributed by atoms with Gasteiger partial charge >= 0.3 is 0 Å². The number of fused-ring (bicyclic) bond motifs is 2. The van der Waals surface area contributed by atoms with E-state index in [1.165, 1.54) is 17.3 Å². The number of carbonyl (C=O) groups excluding carboxylic acids is 1. The molecular weight excluding hydrogens is 491 g/mol. The Morgan fingerprint density at radius 1 is 1.08 bits per heavy atom. The van der Waals surface area contributed by atoms with Gasteiger partial charge in [0.2, 0.25) is 5.91 Å². The van der Waals surface area contributed by atoms with Crippen molar-refractivity contribution >= 4 is 44.9 Å². The number of carbonyl (C=O) groups is 1. The number of aryl methyl sites for hydroxylation is 1. The van der Waals surface area contributed by atoms with Gasteiger partial charge in [-0.3, -0.25) is 24.8 Å². The maximum Gasteiger partial charge on any atom is 0.227 e. The number of nitrogens with one attached hydrogen (secondary N) is 3. The number of H-pyrrole nitrogens is 2. The molecule has 0 radical (unpaired) electrons. The Morgan fingerprint density at radius 2 is 1.97 bits per heavy atom. The fraction of sp³-hybridized carbons (Fsp3) is 0.154. The third kappa shape index (κ3) is 3.75. The molecule has 9 nitrogen and oxygen atoms in total. The van der Waals surface area contributed by atoms with Crippen LogP contribution in [-0.2, 0) is 4.79 Å². The summed E-state index contributed by atoms with van der Waals surface area (Å²) < 4.78 is 16.0. The van der Waals surface area contributed by atoms with Crippen molar-refractivity contribution in [2.75, 3.05) is 5.32 Å². The van der Waals surface area contributed by atoms with Gasteiger partial charge in [0, 0.05) is 28.8 Å². The molecule has 0 bridgehead atoms. The first kappa shape index (κ1) is 21.7. The van der Waals surface area contributed by atoms with E-state index in [9.17, 15) is 4.79 Å². The highest BCUT2D eigenvalue weighted by Gasteiger charge is 2.29. The van der Waals surface area contributed by atoms with Crippen LogP contribution in [0.4, 0.5) is 10.1 Å². The first-order valence-corrected chi connectivity index (χ1v) is 12.6. The van der Waals surface area contributed by atoms with E-state index in [4.69, 9.17) is 4.98 Å². The Morgan fingerprint density at radius 3 is 2.78 bits per heavy atom. The summed E-state index contributed by atoms with van der Waals surface area (Å²) in [5.74, 6) is -0.132. The highest BCUT2D eigenvalue weighted by molar-refractivity contribution is 7.15. The highest BCUT2D eigenvalue weighted by Crippen LogP contribution is 2.36. The number of thiophene rings is 1. The van der Waals surface area contributed by atoms with E-state index >= 15 is 4.39 Å². The van der Waals surface area contributed by atoms with Crippen molar-refractivity contribution in [2.45, 2.75) is 19.8 Å². The zero-order chi connectivity index (χ0) is 25.1. The van der Waals surface area contributed by atoms with E-state index in [1.54, 1.807) is 29.8 Å². The van der Waals surface area contributed by atoms with Crippen molar-refractivity contribution in [3.8, 4) is 33.3 Å². The number of rotatable bonds is 5. The molecule has 3 N–H and O–H groups in total. The summed E-state index contributed by atoms with van der Waals surface area (Å²) in [6.45, 7) is 2.04. The van der Waals surface area contributed by atoms with Crippen LogP contribution in [0.15, 0.2) is 49.1 Å². The zero-order valence-corrected chi connectivity index (χ0v) is 20.4. The number of hydrogen-bond donors (Lipinski definition) is 3. The number of halogens is 1. The Balaban J connectivity index is 1.32. The third-order valence-electron chi connectivity index (χ3n) is 6.37. The smallest absolute Gasteiger partial charge is 0.227 e. The molecule has 0 aromatic carbocycles. The van der Waals surface area contributed by atoms with Gasteiger partial charge in [-0.05, 0) is 44.0 Å². The quantitative estimate of drug-likeness (QED) is 0.282. The fourth-order valence-electron chi connectivity index (χ4n) is 4.37. The van der Waals surface area contributed by atoms with E-state index < -0.39 is 5.82 Å². The van der Waals surface area contributed by atoms with E-state index in [0.717, 1.165) is 28.9 Å². The van der Waals surface area contributed by atoms with Crippen molar-refractivity contribution in [1.29, 1.82) is 0 Å². The van der Waals surface area contributed by atoms with Gasteiger partial charge in [0.05, 0.1) is 39.4 Å². The number of nitrogens with zero attached hydrogens (tertiary/aromatic N) is 5. The van der Waals surface area contributed by atoms with Gasteiger partial charge in [-0.2, -0.15) is 5.10 Å². The van der Waals surface area contributed by atoms with Gasteiger partial charge in [0.1, 0.15) is 22.6 Å². The molecule has 11 heteroatoms. The summed E-state index contributed by atoms with van der Waals surface area (Å²) in [6.07, 6.45) is 8.10. The Labute approximate surface area is 213 Å². The molecule has 1 aliphatic rings. The maximum atomic E-state index is 16.0.